The zero-order valence-electron chi connectivity index (χ0n) is 7.55. The van der Waals surface area contributed by atoms with Crippen LogP contribution in [0.15, 0.2) is 35.1 Å². The van der Waals surface area contributed by atoms with Gasteiger partial charge in [-0.05, 0) is 18.6 Å². The molecule has 4 heteroatoms. The number of para-hydroxylation sites is 1. The normalized spacial score (nSPS) is 9.36. The van der Waals surface area contributed by atoms with Gasteiger partial charge in [0.2, 0.25) is 5.56 Å². The zero-order valence-corrected chi connectivity index (χ0v) is 10.7. The molecule has 0 unspecified atom stereocenters. The van der Waals surface area contributed by atoms with Crippen molar-refractivity contribution in [3.63, 3.8) is 0 Å². The maximum Gasteiger partial charge on any atom is 0.248 e. The van der Waals surface area contributed by atoms with Gasteiger partial charge in [-0.15, -0.1) is 0 Å². The van der Waals surface area contributed by atoms with Crippen LogP contribution in [0, 0.1) is 6.92 Å². The maximum atomic E-state index is 11.0. The van der Waals surface area contributed by atoms with Crippen molar-refractivity contribution in [2.45, 2.75) is 6.92 Å². The zero-order chi connectivity index (χ0) is 10.6. The topological polar surface area (TPSA) is 32.9 Å². The molecule has 0 saturated heterocycles. The number of hydrogen-bond donors (Lipinski definition) is 1. The van der Waals surface area contributed by atoms with Crippen molar-refractivity contribution < 1.29 is 0 Å². The average Bonchev–Trinajstić information content (AvgIpc) is 2.20. The highest BCUT2D eigenvalue weighted by Crippen LogP contribution is 2.12. The lowest BCUT2D eigenvalue weighted by molar-refractivity contribution is 1.28. The molecular weight excluding hydrogens is 310 g/mol. The minimum absolute atomic E-state index is 0.0359. The molecular formula is C10H9Br2NO. The Morgan fingerprint density at radius 2 is 1.86 bits per heavy atom. The lowest BCUT2D eigenvalue weighted by Crippen LogP contribution is -2.04. The monoisotopic (exact) mass is 317 g/mol. The van der Waals surface area contributed by atoms with Crippen LogP contribution in [0.2, 0.25) is 0 Å². The highest BCUT2D eigenvalue weighted by molar-refractivity contribution is 9.93. The Balaban J connectivity index is 0.000000461. The number of nitrogens with one attached hydrogen (secondary N) is 1. The number of pyridine rings is 1. The SMILES string of the molecule is BrBr.Cc1cc(=O)[nH]c2ccccc12. The van der Waals surface area contributed by atoms with E-state index < -0.39 is 0 Å². The van der Waals surface area contributed by atoms with Gasteiger partial charge in [-0.25, -0.2) is 0 Å². The van der Waals surface area contributed by atoms with Crippen LogP contribution in [0.1, 0.15) is 5.56 Å². The summed E-state index contributed by atoms with van der Waals surface area (Å²) in [6.45, 7) is 1.94. The van der Waals surface area contributed by atoms with E-state index in [-0.39, 0.29) is 5.56 Å². The molecule has 14 heavy (non-hydrogen) atoms. The number of aromatic nitrogens is 1. The van der Waals surface area contributed by atoms with Gasteiger partial charge in [0.25, 0.3) is 0 Å². The molecule has 0 saturated carbocycles. The second kappa shape index (κ2) is 5.32. The van der Waals surface area contributed by atoms with E-state index in [9.17, 15) is 4.79 Å². The third kappa shape index (κ3) is 2.45. The van der Waals surface area contributed by atoms with Crippen molar-refractivity contribution in [1.29, 1.82) is 0 Å². The average molecular weight is 319 g/mol. The lowest BCUT2D eigenvalue weighted by atomic mass is 10.1. The van der Waals surface area contributed by atoms with E-state index in [1.165, 1.54) is 0 Å². The van der Waals surface area contributed by atoms with E-state index >= 15 is 0 Å². The molecule has 0 bridgehead atoms. The molecule has 74 valence electrons. The number of benzene rings is 1. The standard InChI is InChI=1S/C10H9NO.Br2/c1-7-6-10(12)11-9-5-3-2-4-8(7)9;1-2/h2-6H,1H3,(H,11,12);. The van der Waals surface area contributed by atoms with Crippen LogP contribution in [0.4, 0.5) is 0 Å². The minimum Gasteiger partial charge on any atom is -0.322 e. The number of aryl methyl sites for hydroxylation is 1. The Morgan fingerprint density at radius 1 is 1.21 bits per heavy atom. The molecule has 1 heterocycles. The second-order valence-corrected chi connectivity index (χ2v) is 2.86. The fourth-order valence-electron chi connectivity index (χ4n) is 1.38. The molecule has 2 nitrogen and oxygen atoms in total. The molecule has 0 aliphatic rings. The molecule has 0 radical (unpaired) electrons. The number of aromatic amines is 1. The van der Waals surface area contributed by atoms with E-state index in [4.69, 9.17) is 0 Å². The number of rotatable bonds is 0. The summed E-state index contributed by atoms with van der Waals surface area (Å²) in [6.07, 6.45) is 0. The van der Waals surface area contributed by atoms with Crippen molar-refractivity contribution in [2.24, 2.45) is 0 Å². The van der Waals surface area contributed by atoms with Crippen LogP contribution in [-0.4, -0.2) is 4.98 Å². The minimum atomic E-state index is -0.0359. The summed E-state index contributed by atoms with van der Waals surface area (Å²) in [4.78, 5) is 13.8. The summed E-state index contributed by atoms with van der Waals surface area (Å²) in [7, 11) is 0. The number of H-pyrrole nitrogens is 1. The van der Waals surface area contributed by atoms with Crippen molar-refractivity contribution in [3.05, 3.63) is 46.2 Å². The molecule has 1 N–H and O–H groups in total. The van der Waals surface area contributed by atoms with Crippen molar-refractivity contribution in [2.75, 3.05) is 0 Å². The van der Waals surface area contributed by atoms with Crippen LogP contribution in [0.25, 0.3) is 10.9 Å². The van der Waals surface area contributed by atoms with E-state index in [1.807, 2.05) is 31.2 Å². The summed E-state index contributed by atoms with van der Waals surface area (Å²) in [6, 6.07) is 9.40. The van der Waals surface area contributed by atoms with Crippen molar-refractivity contribution >= 4 is 39.2 Å². The highest BCUT2D eigenvalue weighted by atomic mass is 80.9. The Kier molecular flexibility index (Phi) is 4.35. The van der Waals surface area contributed by atoms with Gasteiger partial charge in [0.1, 0.15) is 0 Å². The second-order valence-electron chi connectivity index (χ2n) is 2.86. The largest absolute Gasteiger partial charge is 0.322 e. The number of hydrogen-bond acceptors (Lipinski definition) is 1. The first-order valence-electron chi connectivity index (χ1n) is 4.00. The van der Waals surface area contributed by atoms with Gasteiger partial charge >= 0.3 is 0 Å². The molecule has 2 rings (SSSR count). The molecule has 1 aromatic carbocycles. The molecule has 0 atom stereocenters. The Hall–Kier alpha value is -0.610. The first-order chi connectivity index (χ1) is 6.77. The van der Waals surface area contributed by atoms with Crippen molar-refractivity contribution in [3.8, 4) is 0 Å². The smallest absolute Gasteiger partial charge is 0.248 e. The summed E-state index contributed by atoms with van der Waals surface area (Å²) >= 11 is 5.50. The Bertz CT molecular complexity index is 479. The molecule has 1 aromatic heterocycles. The predicted molar refractivity (Wildman–Crippen MR) is 67.2 cm³/mol. The van der Waals surface area contributed by atoms with Gasteiger partial charge in [-0.1, -0.05) is 18.2 Å². The fourth-order valence-corrected chi connectivity index (χ4v) is 1.38. The van der Waals surface area contributed by atoms with Crippen LogP contribution < -0.4 is 5.56 Å². The van der Waals surface area contributed by atoms with Gasteiger partial charge in [0, 0.05) is 45.2 Å². The molecule has 0 aliphatic heterocycles. The molecule has 0 aliphatic carbocycles. The molecule has 0 amide bonds. The first-order valence-corrected chi connectivity index (χ1v) is 7.72. The predicted octanol–water partition coefficient (Wildman–Crippen LogP) is 3.53. The molecule has 0 spiro atoms. The molecule has 2 aromatic rings. The molecule has 0 fully saturated rings. The number of halogens is 2. The van der Waals surface area contributed by atoms with Gasteiger partial charge in [-0.3, -0.25) is 4.79 Å². The fraction of sp³-hybridized carbons (Fsp3) is 0.100. The summed E-state index contributed by atoms with van der Waals surface area (Å²) in [5, 5.41) is 1.11. The van der Waals surface area contributed by atoms with Crippen LogP contribution in [0.3, 0.4) is 0 Å². The van der Waals surface area contributed by atoms with Gasteiger partial charge in [0.05, 0.1) is 0 Å². The summed E-state index contributed by atoms with van der Waals surface area (Å²) < 4.78 is 0. The lowest BCUT2D eigenvalue weighted by Gasteiger charge is -1.98. The van der Waals surface area contributed by atoms with Gasteiger partial charge in [-0.2, -0.15) is 0 Å². The first kappa shape index (κ1) is 11.5. The third-order valence-electron chi connectivity index (χ3n) is 1.96. The third-order valence-corrected chi connectivity index (χ3v) is 1.96. The highest BCUT2D eigenvalue weighted by Gasteiger charge is 1.96. The summed E-state index contributed by atoms with van der Waals surface area (Å²) in [5.74, 6) is 0. The van der Waals surface area contributed by atoms with E-state index in [1.54, 1.807) is 6.07 Å². The van der Waals surface area contributed by atoms with Gasteiger partial charge < -0.3 is 4.98 Å². The quantitative estimate of drug-likeness (QED) is 0.792. The van der Waals surface area contributed by atoms with E-state index in [2.05, 4.69) is 33.2 Å². The Morgan fingerprint density at radius 3 is 2.57 bits per heavy atom. The van der Waals surface area contributed by atoms with Gasteiger partial charge in [0.15, 0.2) is 0 Å². The summed E-state index contributed by atoms with van der Waals surface area (Å²) in [5.41, 5.74) is 1.89. The van der Waals surface area contributed by atoms with Crippen LogP contribution in [0.5, 0.6) is 0 Å². The van der Waals surface area contributed by atoms with Crippen LogP contribution in [-0.2, 0) is 0 Å². The Labute approximate surface area is 97.2 Å². The van der Waals surface area contributed by atoms with E-state index in [0.717, 1.165) is 16.5 Å². The van der Waals surface area contributed by atoms with Crippen molar-refractivity contribution in [1.82, 2.24) is 4.98 Å². The number of fused-ring (bicyclic) bond motifs is 1. The van der Waals surface area contributed by atoms with E-state index in [0.29, 0.717) is 0 Å². The maximum absolute atomic E-state index is 11.0. The van der Waals surface area contributed by atoms with Crippen LogP contribution >= 0.6 is 28.3 Å².